The Morgan fingerprint density at radius 2 is 2.00 bits per heavy atom. The highest BCUT2D eigenvalue weighted by atomic mass is 19.1. The Kier molecular flexibility index (Phi) is 4.05. The Bertz CT molecular complexity index is 324. The summed E-state index contributed by atoms with van der Waals surface area (Å²) in [7, 11) is 0. The minimum Gasteiger partial charge on any atom is -0.488 e. The number of aliphatic hydroxyl groups excluding tert-OH is 2. The largest absolute Gasteiger partial charge is 0.488 e. The highest BCUT2D eigenvalue weighted by molar-refractivity contribution is 5.30. The molecule has 0 heterocycles. The van der Waals surface area contributed by atoms with Crippen LogP contribution in [0.1, 0.15) is 25.5 Å². The Morgan fingerprint density at radius 3 is 2.47 bits per heavy atom. The molecule has 1 rings (SSSR count). The fourth-order valence-corrected chi connectivity index (χ4v) is 1.10. The Labute approximate surface area is 88.1 Å². The van der Waals surface area contributed by atoms with Crippen LogP contribution in [0.2, 0.25) is 0 Å². The van der Waals surface area contributed by atoms with E-state index in [1.807, 2.05) is 0 Å². The first-order chi connectivity index (χ1) is 7.00. The van der Waals surface area contributed by atoms with Gasteiger partial charge in [-0.3, -0.25) is 0 Å². The molecule has 2 atom stereocenters. The van der Waals surface area contributed by atoms with Crippen molar-refractivity contribution in [2.45, 2.75) is 26.1 Å². The normalized spacial score (nSPS) is 14.7. The van der Waals surface area contributed by atoms with Crippen LogP contribution in [-0.2, 0) is 0 Å². The zero-order valence-electron chi connectivity index (χ0n) is 8.77. The van der Waals surface area contributed by atoms with Crippen molar-refractivity contribution in [3.63, 3.8) is 0 Å². The molecule has 2 N–H and O–H groups in total. The van der Waals surface area contributed by atoms with Crippen molar-refractivity contribution in [1.29, 1.82) is 0 Å². The van der Waals surface area contributed by atoms with Gasteiger partial charge in [-0.25, -0.2) is 4.39 Å². The molecule has 0 saturated carbocycles. The van der Waals surface area contributed by atoms with E-state index in [-0.39, 0.29) is 12.4 Å². The van der Waals surface area contributed by atoms with E-state index in [1.54, 1.807) is 19.9 Å². The first kappa shape index (κ1) is 11.9. The molecule has 2 unspecified atom stereocenters. The Balaban J connectivity index is 2.75. The van der Waals surface area contributed by atoms with Crippen molar-refractivity contribution in [3.05, 3.63) is 29.6 Å². The Morgan fingerprint density at radius 1 is 1.33 bits per heavy atom. The van der Waals surface area contributed by atoms with Crippen molar-refractivity contribution < 1.29 is 19.3 Å². The number of ether oxygens (including phenoxy) is 1. The fraction of sp³-hybridized carbons (Fsp3) is 0.455. The van der Waals surface area contributed by atoms with Gasteiger partial charge in [0.25, 0.3) is 0 Å². The van der Waals surface area contributed by atoms with E-state index >= 15 is 0 Å². The van der Waals surface area contributed by atoms with E-state index in [2.05, 4.69) is 0 Å². The highest BCUT2D eigenvalue weighted by Crippen LogP contribution is 2.21. The fourth-order valence-electron chi connectivity index (χ4n) is 1.10. The van der Waals surface area contributed by atoms with Gasteiger partial charge in [0.1, 0.15) is 6.61 Å². The van der Waals surface area contributed by atoms with Crippen LogP contribution in [0.15, 0.2) is 18.2 Å². The summed E-state index contributed by atoms with van der Waals surface area (Å²) >= 11 is 0. The summed E-state index contributed by atoms with van der Waals surface area (Å²) in [4.78, 5) is 0. The molecule has 0 aliphatic carbocycles. The van der Waals surface area contributed by atoms with Crippen molar-refractivity contribution in [1.82, 2.24) is 0 Å². The maximum Gasteiger partial charge on any atom is 0.165 e. The van der Waals surface area contributed by atoms with Crippen LogP contribution in [0.3, 0.4) is 0 Å². The summed E-state index contributed by atoms with van der Waals surface area (Å²) in [6, 6.07) is 4.26. The van der Waals surface area contributed by atoms with Gasteiger partial charge >= 0.3 is 0 Å². The van der Waals surface area contributed by atoms with Crippen molar-refractivity contribution in [2.24, 2.45) is 0 Å². The molecule has 4 heteroatoms. The number of hydrogen-bond acceptors (Lipinski definition) is 3. The summed E-state index contributed by atoms with van der Waals surface area (Å²) in [5.74, 6) is -0.450. The molecular formula is C11H15FO3. The second-order valence-corrected chi connectivity index (χ2v) is 3.53. The lowest BCUT2D eigenvalue weighted by atomic mass is 10.1. The van der Waals surface area contributed by atoms with Crippen LogP contribution in [0.25, 0.3) is 0 Å². The van der Waals surface area contributed by atoms with Gasteiger partial charge in [-0.05, 0) is 31.5 Å². The number of aliphatic hydroxyl groups is 2. The zero-order chi connectivity index (χ0) is 11.4. The van der Waals surface area contributed by atoms with E-state index in [0.29, 0.717) is 5.56 Å². The summed E-state index contributed by atoms with van der Waals surface area (Å²) in [6.45, 7) is 3.16. The predicted molar refractivity (Wildman–Crippen MR) is 54.2 cm³/mol. The average molecular weight is 214 g/mol. The minimum absolute atomic E-state index is 0.0466. The smallest absolute Gasteiger partial charge is 0.165 e. The number of benzene rings is 1. The third-order valence-electron chi connectivity index (χ3n) is 1.92. The molecule has 0 spiro atoms. The van der Waals surface area contributed by atoms with Crippen LogP contribution < -0.4 is 4.74 Å². The highest BCUT2D eigenvalue weighted by Gasteiger charge is 2.08. The van der Waals surface area contributed by atoms with E-state index < -0.39 is 18.0 Å². The summed E-state index contributed by atoms with van der Waals surface area (Å²) in [6.07, 6.45) is -1.34. The lowest BCUT2D eigenvalue weighted by Crippen LogP contribution is -2.13. The van der Waals surface area contributed by atoms with E-state index in [0.717, 1.165) is 0 Å². The van der Waals surface area contributed by atoms with Gasteiger partial charge in [0, 0.05) is 0 Å². The SMILES string of the molecule is CC(O)COc1ccc(C(C)O)cc1F. The topological polar surface area (TPSA) is 49.7 Å². The van der Waals surface area contributed by atoms with Crippen molar-refractivity contribution in [2.75, 3.05) is 6.61 Å². The summed E-state index contributed by atoms with van der Waals surface area (Å²) in [5.41, 5.74) is 0.497. The Hall–Kier alpha value is -1.13. The molecule has 0 bridgehead atoms. The van der Waals surface area contributed by atoms with Crippen LogP contribution in [0.5, 0.6) is 5.75 Å². The van der Waals surface area contributed by atoms with Gasteiger partial charge in [-0.2, -0.15) is 0 Å². The van der Waals surface area contributed by atoms with Gasteiger partial charge < -0.3 is 14.9 Å². The number of halogens is 1. The molecule has 0 aliphatic heterocycles. The molecule has 0 aromatic heterocycles. The molecule has 0 saturated heterocycles. The minimum atomic E-state index is -0.703. The van der Waals surface area contributed by atoms with Crippen molar-refractivity contribution in [3.8, 4) is 5.75 Å². The predicted octanol–water partition coefficient (Wildman–Crippen LogP) is 1.64. The van der Waals surface area contributed by atoms with Gasteiger partial charge in [-0.15, -0.1) is 0 Å². The molecule has 0 amide bonds. The first-order valence-corrected chi connectivity index (χ1v) is 4.79. The van der Waals surface area contributed by atoms with Crippen LogP contribution in [-0.4, -0.2) is 22.9 Å². The zero-order valence-corrected chi connectivity index (χ0v) is 8.77. The monoisotopic (exact) mass is 214 g/mol. The van der Waals surface area contributed by atoms with Crippen LogP contribution >= 0.6 is 0 Å². The standard InChI is InChI=1S/C11H15FO3/c1-7(13)6-15-11-4-3-9(8(2)14)5-10(11)12/h3-5,7-8,13-14H,6H2,1-2H3. The number of hydrogen-bond donors (Lipinski definition) is 2. The molecule has 3 nitrogen and oxygen atoms in total. The molecule has 15 heavy (non-hydrogen) atoms. The maximum absolute atomic E-state index is 13.3. The quantitative estimate of drug-likeness (QED) is 0.801. The lowest BCUT2D eigenvalue weighted by molar-refractivity contribution is 0.120. The van der Waals surface area contributed by atoms with Crippen molar-refractivity contribution >= 4 is 0 Å². The second-order valence-electron chi connectivity index (χ2n) is 3.53. The molecule has 1 aromatic carbocycles. The van der Waals surface area contributed by atoms with E-state index in [9.17, 15) is 9.50 Å². The molecule has 1 aromatic rings. The summed E-state index contributed by atoms with van der Waals surface area (Å²) in [5, 5.41) is 18.2. The van der Waals surface area contributed by atoms with E-state index in [1.165, 1.54) is 12.1 Å². The van der Waals surface area contributed by atoms with E-state index in [4.69, 9.17) is 9.84 Å². The third-order valence-corrected chi connectivity index (χ3v) is 1.92. The second kappa shape index (κ2) is 5.09. The van der Waals surface area contributed by atoms with Gasteiger partial charge in [0.15, 0.2) is 11.6 Å². The summed E-state index contributed by atoms with van der Waals surface area (Å²) < 4.78 is 18.4. The molecule has 84 valence electrons. The third kappa shape index (κ3) is 3.49. The van der Waals surface area contributed by atoms with Crippen LogP contribution in [0.4, 0.5) is 4.39 Å². The molecule has 0 aliphatic rings. The number of rotatable bonds is 4. The van der Waals surface area contributed by atoms with Crippen LogP contribution in [0, 0.1) is 5.82 Å². The molecular weight excluding hydrogens is 199 g/mol. The molecule has 0 fully saturated rings. The first-order valence-electron chi connectivity index (χ1n) is 4.79. The average Bonchev–Trinajstić information content (AvgIpc) is 2.15. The molecule has 0 radical (unpaired) electrons. The van der Waals surface area contributed by atoms with Gasteiger partial charge in [0.05, 0.1) is 12.2 Å². The van der Waals surface area contributed by atoms with Gasteiger partial charge in [0.2, 0.25) is 0 Å². The maximum atomic E-state index is 13.3. The van der Waals surface area contributed by atoms with Gasteiger partial charge in [-0.1, -0.05) is 6.07 Å². The lowest BCUT2D eigenvalue weighted by Gasteiger charge is -2.11.